The van der Waals surface area contributed by atoms with Crippen molar-refractivity contribution in [2.75, 3.05) is 26.7 Å². The van der Waals surface area contributed by atoms with Gasteiger partial charge in [0.1, 0.15) is 5.75 Å². The van der Waals surface area contributed by atoms with Gasteiger partial charge in [0.2, 0.25) is 0 Å². The third kappa shape index (κ3) is 3.05. The third-order valence-corrected chi connectivity index (χ3v) is 5.88. The van der Waals surface area contributed by atoms with Gasteiger partial charge in [0.05, 0.1) is 30.3 Å². The van der Waals surface area contributed by atoms with Gasteiger partial charge in [-0.3, -0.25) is 9.78 Å². The van der Waals surface area contributed by atoms with E-state index in [0.29, 0.717) is 18.1 Å². The summed E-state index contributed by atoms with van der Waals surface area (Å²) >= 11 is 0. The van der Waals surface area contributed by atoms with Crippen LogP contribution in [0.15, 0.2) is 36.8 Å². The molecule has 0 aliphatic carbocycles. The molecule has 1 amide bonds. The van der Waals surface area contributed by atoms with E-state index >= 15 is 0 Å². The number of fused-ring (bicyclic) bond motifs is 2. The first-order valence-electron chi connectivity index (χ1n) is 9.74. The van der Waals surface area contributed by atoms with Gasteiger partial charge in [-0.2, -0.15) is 0 Å². The van der Waals surface area contributed by atoms with Gasteiger partial charge in [-0.05, 0) is 44.1 Å². The van der Waals surface area contributed by atoms with Crippen molar-refractivity contribution in [1.82, 2.24) is 30.6 Å². The molecule has 1 spiro atoms. The molecule has 2 aliphatic rings. The SMILES string of the molecule is COc1cncc(-c2nccc(-c3cc4c([nH]3)C3(CCNCC3)CNC4=O)n2)c1. The van der Waals surface area contributed by atoms with Crippen LogP contribution in [0.5, 0.6) is 5.75 Å². The summed E-state index contributed by atoms with van der Waals surface area (Å²) in [5.41, 5.74) is 4.04. The van der Waals surface area contributed by atoms with Crippen LogP contribution in [0.1, 0.15) is 28.9 Å². The molecule has 0 aromatic carbocycles. The van der Waals surface area contributed by atoms with E-state index in [1.54, 1.807) is 25.7 Å². The number of methoxy groups -OCH3 is 1. The van der Waals surface area contributed by atoms with Crippen molar-refractivity contribution in [3.63, 3.8) is 0 Å². The van der Waals surface area contributed by atoms with Crippen molar-refractivity contribution in [2.24, 2.45) is 0 Å². The van der Waals surface area contributed by atoms with E-state index in [1.807, 2.05) is 18.2 Å². The molecule has 2 aliphatic heterocycles. The number of nitrogens with one attached hydrogen (secondary N) is 3. The molecule has 1 saturated heterocycles. The zero-order valence-corrected chi connectivity index (χ0v) is 16.2. The molecular weight excluding hydrogens is 368 g/mol. The Kier molecular flexibility index (Phi) is 4.28. The zero-order chi connectivity index (χ0) is 19.8. The molecule has 0 saturated carbocycles. The van der Waals surface area contributed by atoms with E-state index in [2.05, 4.69) is 25.6 Å². The number of pyridine rings is 1. The number of H-pyrrole nitrogens is 1. The van der Waals surface area contributed by atoms with E-state index in [-0.39, 0.29) is 11.3 Å². The number of carbonyl (C=O) groups excluding carboxylic acids is 1. The summed E-state index contributed by atoms with van der Waals surface area (Å²) < 4.78 is 5.25. The van der Waals surface area contributed by atoms with E-state index in [4.69, 9.17) is 9.72 Å². The maximum Gasteiger partial charge on any atom is 0.253 e. The van der Waals surface area contributed by atoms with Crippen molar-refractivity contribution in [3.05, 3.63) is 48.0 Å². The van der Waals surface area contributed by atoms with Crippen LogP contribution in [0.25, 0.3) is 22.8 Å². The smallest absolute Gasteiger partial charge is 0.253 e. The molecule has 1 fully saturated rings. The summed E-state index contributed by atoms with van der Waals surface area (Å²) in [4.78, 5) is 29.3. The lowest BCUT2D eigenvalue weighted by atomic mass is 9.73. The van der Waals surface area contributed by atoms with Crippen molar-refractivity contribution in [1.29, 1.82) is 0 Å². The molecule has 0 atom stereocenters. The second-order valence-corrected chi connectivity index (χ2v) is 7.56. The Morgan fingerprint density at radius 3 is 2.86 bits per heavy atom. The third-order valence-electron chi connectivity index (χ3n) is 5.88. The first-order chi connectivity index (χ1) is 14.2. The fourth-order valence-electron chi connectivity index (χ4n) is 4.26. The van der Waals surface area contributed by atoms with Crippen LogP contribution in [0.2, 0.25) is 0 Å². The zero-order valence-electron chi connectivity index (χ0n) is 16.2. The number of piperidine rings is 1. The summed E-state index contributed by atoms with van der Waals surface area (Å²) in [6, 6.07) is 5.61. The second kappa shape index (κ2) is 6.97. The van der Waals surface area contributed by atoms with Gasteiger partial charge < -0.3 is 20.4 Å². The molecule has 8 heteroatoms. The molecule has 3 aromatic heterocycles. The predicted octanol–water partition coefficient (Wildman–Crippen LogP) is 1.91. The summed E-state index contributed by atoms with van der Waals surface area (Å²) in [7, 11) is 1.60. The van der Waals surface area contributed by atoms with Crippen LogP contribution in [0.3, 0.4) is 0 Å². The highest BCUT2D eigenvalue weighted by Gasteiger charge is 2.42. The molecule has 3 aromatic rings. The van der Waals surface area contributed by atoms with Crippen LogP contribution in [-0.2, 0) is 5.41 Å². The highest BCUT2D eigenvalue weighted by Crippen LogP contribution is 2.39. The average Bonchev–Trinajstić information content (AvgIpc) is 3.25. The van der Waals surface area contributed by atoms with Crippen molar-refractivity contribution in [3.8, 4) is 28.5 Å². The highest BCUT2D eigenvalue weighted by molar-refractivity contribution is 5.98. The molecule has 0 radical (unpaired) electrons. The van der Waals surface area contributed by atoms with Gasteiger partial charge >= 0.3 is 0 Å². The number of aromatic nitrogens is 4. The number of hydrogen-bond donors (Lipinski definition) is 3. The van der Waals surface area contributed by atoms with Crippen LogP contribution in [0, 0.1) is 0 Å². The van der Waals surface area contributed by atoms with Crippen molar-refractivity contribution in [2.45, 2.75) is 18.3 Å². The topological polar surface area (TPSA) is 105 Å². The Hall–Kier alpha value is -3.26. The number of amides is 1. The fourth-order valence-corrected chi connectivity index (χ4v) is 4.26. The van der Waals surface area contributed by atoms with Gasteiger partial charge in [-0.1, -0.05) is 0 Å². The predicted molar refractivity (Wildman–Crippen MR) is 108 cm³/mol. The molecule has 5 rings (SSSR count). The minimum atomic E-state index is -0.0423. The Morgan fingerprint density at radius 2 is 2.03 bits per heavy atom. The molecule has 8 nitrogen and oxygen atoms in total. The number of hydrogen-bond acceptors (Lipinski definition) is 6. The number of aromatic amines is 1. The molecule has 3 N–H and O–H groups in total. The van der Waals surface area contributed by atoms with Crippen molar-refractivity contribution >= 4 is 5.91 Å². The summed E-state index contributed by atoms with van der Waals surface area (Å²) in [6.45, 7) is 2.57. The molecule has 0 bridgehead atoms. The molecule has 0 unspecified atom stereocenters. The standard InChI is InChI=1S/C21H22N6O2/c1-29-14-8-13(10-23-11-14)19-24-5-2-16(27-19)17-9-15-18(26-17)21(12-25-20(15)28)3-6-22-7-4-21/h2,5,8-11,22,26H,3-4,6-7,12H2,1H3,(H,25,28). The van der Waals surface area contributed by atoms with Crippen LogP contribution in [0.4, 0.5) is 0 Å². The van der Waals surface area contributed by atoms with E-state index in [9.17, 15) is 4.79 Å². The number of carbonyl (C=O) groups is 1. The maximum absolute atomic E-state index is 12.5. The Morgan fingerprint density at radius 1 is 1.17 bits per heavy atom. The lowest BCUT2D eigenvalue weighted by Crippen LogP contribution is -2.51. The van der Waals surface area contributed by atoms with Crippen LogP contribution < -0.4 is 15.4 Å². The average molecular weight is 390 g/mol. The number of nitrogens with zero attached hydrogens (tertiary/aromatic N) is 3. The summed E-state index contributed by atoms with van der Waals surface area (Å²) in [5.74, 6) is 1.18. The number of rotatable bonds is 3. The molecule has 148 valence electrons. The summed E-state index contributed by atoms with van der Waals surface area (Å²) in [5, 5.41) is 6.48. The van der Waals surface area contributed by atoms with Gasteiger partial charge in [-0.15, -0.1) is 0 Å². The maximum atomic E-state index is 12.5. The molecular formula is C21H22N6O2. The van der Waals surface area contributed by atoms with Gasteiger partial charge in [-0.25, -0.2) is 9.97 Å². The second-order valence-electron chi connectivity index (χ2n) is 7.56. The van der Waals surface area contributed by atoms with Crippen LogP contribution in [-0.4, -0.2) is 52.6 Å². The van der Waals surface area contributed by atoms with E-state index in [0.717, 1.165) is 54.1 Å². The van der Waals surface area contributed by atoms with Gasteiger partial charge in [0, 0.05) is 35.6 Å². The fraction of sp³-hybridized carbons (Fsp3) is 0.333. The minimum Gasteiger partial charge on any atom is -0.495 e. The highest BCUT2D eigenvalue weighted by atomic mass is 16.5. The van der Waals surface area contributed by atoms with Crippen molar-refractivity contribution < 1.29 is 9.53 Å². The lowest BCUT2D eigenvalue weighted by molar-refractivity contribution is 0.0913. The quantitative estimate of drug-likeness (QED) is 0.631. The number of ether oxygens (including phenoxy) is 1. The van der Waals surface area contributed by atoms with Gasteiger partial charge in [0.25, 0.3) is 5.91 Å². The Labute approximate surface area is 168 Å². The Balaban J connectivity index is 1.56. The summed E-state index contributed by atoms with van der Waals surface area (Å²) in [6.07, 6.45) is 7.05. The van der Waals surface area contributed by atoms with E-state index < -0.39 is 0 Å². The Bertz CT molecular complexity index is 1070. The largest absolute Gasteiger partial charge is 0.495 e. The van der Waals surface area contributed by atoms with E-state index in [1.165, 1.54) is 0 Å². The first-order valence-corrected chi connectivity index (χ1v) is 9.74. The normalized spacial score (nSPS) is 17.6. The monoisotopic (exact) mass is 390 g/mol. The van der Waals surface area contributed by atoms with Crippen LogP contribution >= 0.6 is 0 Å². The molecule has 5 heterocycles. The van der Waals surface area contributed by atoms with Gasteiger partial charge in [0.15, 0.2) is 5.82 Å². The molecule has 29 heavy (non-hydrogen) atoms. The lowest BCUT2D eigenvalue weighted by Gasteiger charge is -2.40. The minimum absolute atomic E-state index is 0.0297. The first kappa shape index (κ1) is 17.8.